The molecular formula is C22H27N3O. The Balaban J connectivity index is 1.59. The maximum Gasteiger partial charge on any atom is 0.233 e. The Hall–Kier alpha value is -2.33. The summed E-state index contributed by atoms with van der Waals surface area (Å²) in [6, 6.07) is 19.7. The van der Waals surface area contributed by atoms with Crippen LogP contribution in [0.3, 0.4) is 0 Å². The summed E-state index contributed by atoms with van der Waals surface area (Å²) in [6.07, 6.45) is 2.20. The van der Waals surface area contributed by atoms with Gasteiger partial charge in [0.2, 0.25) is 5.91 Å². The molecule has 4 rings (SSSR count). The minimum atomic E-state index is 0.107. The minimum Gasteiger partial charge on any atom is -0.366 e. The van der Waals surface area contributed by atoms with E-state index in [1.807, 2.05) is 0 Å². The second-order valence-corrected chi connectivity index (χ2v) is 7.58. The topological polar surface area (TPSA) is 35.6 Å². The van der Waals surface area contributed by atoms with Crippen molar-refractivity contribution >= 4 is 11.6 Å². The Bertz CT molecular complexity index is 766. The van der Waals surface area contributed by atoms with Gasteiger partial charge in [0, 0.05) is 31.2 Å². The predicted octanol–water partition coefficient (Wildman–Crippen LogP) is 2.79. The molecular weight excluding hydrogens is 322 g/mol. The summed E-state index contributed by atoms with van der Waals surface area (Å²) in [6.45, 7) is 4.50. The van der Waals surface area contributed by atoms with Gasteiger partial charge < -0.3 is 10.2 Å². The zero-order valence-electron chi connectivity index (χ0n) is 15.4. The maximum atomic E-state index is 11.7. The van der Waals surface area contributed by atoms with Gasteiger partial charge in [-0.2, -0.15) is 0 Å². The van der Waals surface area contributed by atoms with E-state index in [1.165, 1.54) is 16.8 Å². The van der Waals surface area contributed by atoms with Crippen molar-refractivity contribution in [3.05, 3.63) is 65.7 Å². The molecule has 0 bridgehead atoms. The number of likely N-dealkylation sites (tertiary alicyclic amines) is 1. The molecule has 1 fully saturated rings. The zero-order valence-corrected chi connectivity index (χ0v) is 15.4. The van der Waals surface area contributed by atoms with E-state index in [1.54, 1.807) is 7.05 Å². The molecule has 0 aromatic heterocycles. The number of amides is 1. The van der Waals surface area contributed by atoms with Crippen LogP contribution in [0.15, 0.2) is 54.6 Å². The third-order valence-electron chi connectivity index (χ3n) is 6.02. The van der Waals surface area contributed by atoms with Crippen LogP contribution >= 0.6 is 0 Å². The van der Waals surface area contributed by atoms with Crippen LogP contribution in [0.25, 0.3) is 0 Å². The number of likely N-dealkylation sites (N-methyl/N-ethyl adjacent to an activating group) is 1. The number of nitrogens with one attached hydrogen (secondary N) is 1. The Morgan fingerprint density at radius 2 is 1.73 bits per heavy atom. The highest BCUT2D eigenvalue weighted by Gasteiger charge is 2.42. The quantitative estimate of drug-likeness (QED) is 0.926. The third kappa shape index (κ3) is 3.21. The summed E-state index contributed by atoms with van der Waals surface area (Å²) in [7, 11) is 1.71. The van der Waals surface area contributed by atoms with Gasteiger partial charge in [-0.3, -0.25) is 9.69 Å². The summed E-state index contributed by atoms with van der Waals surface area (Å²) in [5.74, 6) is 0.107. The van der Waals surface area contributed by atoms with Crippen molar-refractivity contribution < 1.29 is 4.79 Å². The fraction of sp³-hybridized carbons (Fsp3) is 0.409. The summed E-state index contributed by atoms with van der Waals surface area (Å²) in [5.41, 5.74) is 4.45. The average molecular weight is 349 g/mol. The first-order chi connectivity index (χ1) is 12.7. The van der Waals surface area contributed by atoms with Gasteiger partial charge in [0.1, 0.15) is 0 Å². The number of para-hydroxylation sites is 1. The van der Waals surface area contributed by atoms with Crippen LogP contribution < -0.4 is 10.2 Å². The average Bonchev–Trinajstić information content (AvgIpc) is 2.70. The molecule has 0 aliphatic carbocycles. The first kappa shape index (κ1) is 17.1. The second kappa shape index (κ2) is 7.12. The molecule has 1 spiro atoms. The van der Waals surface area contributed by atoms with Crippen molar-refractivity contribution in [3.8, 4) is 0 Å². The number of anilines is 1. The van der Waals surface area contributed by atoms with Crippen LogP contribution in [-0.4, -0.2) is 44.0 Å². The van der Waals surface area contributed by atoms with E-state index in [0.717, 1.165) is 39.0 Å². The molecule has 0 radical (unpaired) electrons. The number of carbonyl (C=O) groups excluding carboxylic acids is 1. The molecule has 2 aromatic carbocycles. The lowest BCUT2D eigenvalue weighted by Gasteiger charge is -2.49. The fourth-order valence-electron chi connectivity index (χ4n) is 4.56. The molecule has 4 heteroatoms. The smallest absolute Gasteiger partial charge is 0.233 e. The Morgan fingerprint density at radius 1 is 1.04 bits per heavy atom. The highest BCUT2D eigenvalue weighted by Crippen LogP contribution is 2.42. The largest absolute Gasteiger partial charge is 0.366 e. The van der Waals surface area contributed by atoms with Crippen molar-refractivity contribution in [2.75, 3.05) is 38.1 Å². The Labute approximate surface area is 155 Å². The van der Waals surface area contributed by atoms with Gasteiger partial charge >= 0.3 is 0 Å². The molecule has 26 heavy (non-hydrogen) atoms. The summed E-state index contributed by atoms with van der Waals surface area (Å²) < 4.78 is 0. The lowest BCUT2D eigenvalue weighted by molar-refractivity contribution is -0.122. The number of piperidine rings is 1. The molecule has 4 nitrogen and oxygen atoms in total. The van der Waals surface area contributed by atoms with Crippen LogP contribution in [0.5, 0.6) is 0 Å². The van der Waals surface area contributed by atoms with Gasteiger partial charge in [0.15, 0.2) is 0 Å². The Kier molecular flexibility index (Phi) is 4.68. The van der Waals surface area contributed by atoms with Gasteiger partial charge in [-0.25, -0.2) is 0 Å². The lowest BCUT2D eigenvalue weighted by atomic mass is 9.68. The molecule has 2 heterocycles. The number of hydrogen-bond donors (Lipinski definition) is 1. The molecule has 1 saturated heterocycles. The number of rotatable bonds is 3. The number of benzene rings is 2. The van der Waals surface area contributed by atoms with Gasteiger partial charge in [0.05, 0.1) is 6.54 Å². The number of carbonyl (C=O) groups is 1. The molecule has 2 aliphatic heterocycles. The van der Waals surface area contributed by atoms with Crippen LogP contribution in [-0.2, 0) is 16.8 Å². The van der Waals surface area contributed by atoms with Gasteiger partial charge in [0.25, 0.3) is 0 Å². The second-order valence-electron chi connectivity index (χ2n) is 7.58. The van der Waals surface area contributed by atoms with E-state index in [0.29, 0.717) is 6.54 Å². The first-order valence-electron chi connectivity index (χ1n) is 9.51. The number of nitrogens with zero attached hydrogens (tertiary/aromatic N) is 2. The third-order valence-corrected chi connectivity index (χ3v) is 6.02. The molecule has 2 aliphatic rings. The van der Waals surface area contributed by atoms with Crippen LogP contribution in [0.2, 0.25) is 0 Å². The number of hydrogen-bond acceptors (Lipinski definition) is 3. The molecule has 2 aromatic rings. The standard InChI is InChI=1S/C22H27N3O/c1-23-21(26)16-24-13-11-22(12-14-24)17-25(19-8-3-2-4-9-19)15-18-7-5-6-10-20(18)22/h2-10H,11-17H2,1H3,(H,23,26). The van der Waals surface area contributed by atoms with E-state index >= 15 is 0 Å². The molecule has 1 amide bonds. The van der Waals surface area contributed by atoms with Crippen LogP contribution in [0, 0.1) is 0 Å². The van der Waals surface area contributed by atoms with E-state index in [4.69, 9.17) is 0 Å². The van der Waals surface area contributed by atoms with Crippen molar-refractivity contribution in [1.29, 1.82) is 0 Å². The highest BCUT2D eigenvalue weighted by molar-refractivity contribution is 5.77. The summed E-state index contributed by atoms with van der Waals surface area (Å²) in [4.78, 5) is 16.5. The van der Waals surface area contributed by atoms with Crippen molar-refractivity contribution in [2.24, 2.45) is 0 Å². The molecule has 0 atom stereocenters. The first-order valence-corrected chi connectivity index (χ1v) is 9.51. The van der Waals surface area contributed by atoms with Crippen molar-refractivity contribution in [1.82, 2.24) is 10.2 Å². The monoisotopic (exact) mass is 349 g/mol. The zero-order chi connectivity index (χ0) is 18.0. The van der Waals surface area contributed by atoms with Gasteiger partial charge in [-0.05, 0) is 49.2 Å². The molecule has 0 saturated carbocycles. The maximum absolute atomic E-state index is 11.7. The SMILES string of the molecule is CNC(=O)CN1CCC2(CC1)CN(c1ccccc1)Cc1ccccc12. The highest BCUT2D eigenvalue weighted by atomic mass is 16.1. The van der Waals surface area contributed by atoms with Crippen LogP contribution in [0.1, 0.15) is 24.0 Å². The lowest BCUT2D eigenvalue weighted by Crippen LogP contribution is -2.53. The van der Waals surface area contributed by atoms with Gasteiger partial charge in [-0.15, -0.1) is 0 Å². The Morgan fingerprint density at radius 3 is 2.46 bits per heavy atom. The van der Waals surface area contributed by atoms with Crippen molar-refractivity contribution in [3.63, 3.8) is 0 Å². The van der Waals surface area contributed by atoms with E-state index in [-0.39, 0.29) is 11.3 Å². The van der Waals surface area contributed by atoms with E-state index < -0.39 is 0 Å². The minimum absolute atomic E-state index is 0.107. The summed E-state index contributed by atoms with van der Waals surface area (Å²) in [5, 5.41) is 2.74. The molecule has 1 N–H and O–H groups in total. The predicted molar refractivity (Wildman–Crippen MR) is 105 cm³/mol. The normalized spacial score (nSPS) is 19.2. The van der Waals surface area contributed by atoms with Gasteiger partial charge in [-0.1, -0.05) is 42.5 Å². The molecule has 136 valence electrons. The summed E-state index contributed by atoms with van der Waals surface area (Å²) >= 11 is 0. The van der Waals surface area contributed by atoms with E-state index in [2.05, 4.69) is 69.7 Å². The van der Waals surface area contributed by atoms with E-state index in [9.17, 15) is 4.79 Å². The van der Waals surface area contributed by atoms with Crippen LogP contribution in [0.4, 0.5) is 5.69 Å². The molecule has 0 unspecified atom stereocenters. The van der Waals surface area contributed by atoms with Crippen molar-refractivity contribution in [2.45, 2.75) is 24.8 Å². The number of fused-ring (bicyclic) bond motifs is 2. The fourth-order valence-corrected chi connectivity index (χ4v) is 4.56.